The standard InChI is InChI=1S/C19H34O4/c1-4-6-7-8-9-10-11-12-13-14-15-17(21)18(16(3)20)19(22)23-5-2/h18H,4-15H2,1-3H3. The molecule has 0 saturated heterocycles. The van der Waals surface area contributed by atoms with Gasteiger partial charge in [-0.2, -0.15) is 0 Å². The molecule has 0 radical (unpaired) electrons. The number of esters is 1. The normalized spacial score (nSPS) is 12.0. The molecule has 4 heteroatoms. The third-order valence-corrected chi connectivity index (χ3v) is 4.03. The van der Waals surface area contributed by atoms with Gasteiger partial charge < -0.3 is 4.74 Å². The Kier molecular flexibility index (Phi) is 13.7. The Labute approximate surface area is 141 Å². The summed E-state index contributed by atoms with van der Waals surface area (Å²) >= 11 is 0. The van der Waals surface area contributed by atoms with Crippen LogP contribution >= 0.6 is 0 Å². The van der Waals surface area contributed by atoms with Gasteiger partial charge >= 0.3 is 5.97 Å². The minimum Gasteiger partial charge on any atom is -0.465 e. The molecule has 0 aliphatic heterocycles. The van der Waals surface area contributed by atoms with E-state index in [4.69, 9.17) is 4.74 Å². The molecule has 0 aromatic carbocycles. The molecule has 0 amide bonds. The Morgan fingerprint density at radius 1 is 0.783 bits per heavy atom. The van der Waals surface area contributed by atoms with Crippen LogP contribution in [0.15, 0.2) is 0 Å². The van der Waals surface area contributed by atoms with Crippen molar-refractivity contribution in [2.75, 3.05) is 6.61 Å². The topological polar surface area (TPSA) is 60.4 Å². The van der Waals surface area contributed by atoms with Crippen molar-refractivity contribution in [2.45, 2.75) is 91.4 Å². The van der Waals surface area contributed by atoms with Gasteiger partial charge in [0.1, 0.15) is 0 Å². The molecule has 1 unspecified atom stereocenters. The minimum atomic E-state index is -1.21. The molecule has 0 heterocycles. The predicted octanol–water partition coefficient (Wildman–Crippen LogP) is 4.63. The summed E-state index contributed by atoms with van der Waals surface area (Å²) in [4.78, 5) is 35.1. The molecular weight excluding hydrogens is 292 g/mol. The maximum atomic E-state index is 12.0. The highest BCUT2D eigenvalue weighted by molar-refractivity contribution is 6.16. The number of carbonyl (C=O) groups is 3. The molecule has 1 atom stereocenters. The fourth-order valence-corrected chi connectivity index (χ4v) is 2.68. The summed E-state index contributed by atoms with van der Waals surface area (Å²) in [5, 5.41) is 0. The first-order chi connectivity index (χ1) is 11.0. The largest absolute Gasteiger partial charge is 0.465 e. The van der Waals surface area contributed by atoms with Gasteiger partial charge in [-0.1, -0.05) is 64.7 Å². The quantitative estimate of drug-likeness (QED) is 0.250. The van der Waals surface area contributed by atoms with Crippen LogP contribution in [0.2, 0.25) is 0 Å². The summed E-state index contributed by atoms with van der Waals surface area (Å²) in [5.41, 5.74) is 0. The lowest BCUT2D eigenvalue weighted by Crippen LogP contribution is -2.32. The number of ketones is 2. The third-order valence-electron chi connectivity index (χ3n) is 4.03. The fraction of sp³-hybridized carbons (Fsp3) is 0.842. The molecular formula is C19H34O4. The van der Waals surface area contributed by atoms with Crippen LogP contribution in [0.25, 0.3) is 0 Å². The number of unbranched alkanes of at least 4 members (excludes halogenated alkanes) is 9. The predicted molar refractivity (Wildman–Crippen MR) is 92.3 cm³/mol. The maximum Gasteiger partial charge on any atom is 0.324 e. The van der Waals surface area contributed by atoms with E-state index in [1.165, 1.54) is 51.9 Å². The molecule has 0 saturated carbocycles. The highest BCUT2D eigenvalue weighted by Gasteiger charge is 2.31. The summed E-state index contributed by atoms with van der Waals surface area (Å²) in [7, 11) is 0. The van der Waals surface area contributed by atoms with E-state index in [0.29, 0.717) is 6.42 Å². The van der Waals surface area contributed by atoms with Crippen LogP contribution in [0.5, 0.6) is 0 Å². The Bertz CT molecular complexity index is 349. The summed E-state index contributed by atoms with van der Waals surface area (Å²) in [6.45, 7) is 5.36. The molecule has 23 heavy (non-hydrogen) atoms. The van der Waals surface area contributed by atoms with Crippen molar-refractivity contribution in [1.82, 2.24) is 0 Å². The van der Waals surface area contributed by atoms with E-state index in [0.717, 1.165) is 19.3 Å². The van der Waals surface area contributed by atoms with E-state index in [1.54, 1.807) is 6.92 Å². The maximum absolute atomic E-state index is 12.0. The van der Waals surface area contributed by atoms with Crippen molar-refractivity contribution in [3.8, 4) is 0 Å². The van der Waals surface area contributed by atoms with Gasteiger partial charge in [0.15, 0.2) is 17.5 Å². The first-order valence-electron chi connectivity index (χ1n) is 9.24. The van der Waals surface area contributed by atoms with Crippen molar-refractivity contribution in [3.63, 3.8) is 0 Å². The van der Waals surface area contributed by atoms with Crippen LogP contribution in [0, 0.1) is 5.92 Å². The van der Waals surface area contributed by atoms with Gasteiger partial charge in [-0.15, -0.1) is 0 Å². The second-order valence-electron chi connectivity index (χ2n) is 6.19. The second-order valence-corrected chi connectivity index (χ2v) is 6.19. The second kappa shape index (κ2) is 14.4. The van der Waals surface area contributed by atoms with Gasteiger partial charge in [0.2, 0.25) is 0 Å². The summed E-state index contributed by atoms with van der Waals surface area (Å²) in [6, 6.07) is 0. The number of hydrogen-bond donors (Lipinski definition) is 0. The van der Waals surface area contributed by atoms with Gasteiger partial charge in [-0.05, 0) is 20.3 Å². The molecule has 0 N–H and O–H groups in total. The summed E-state index contributed by atoms with van der Waals surface area (Å²) in [6.07, 6.45) is 12.2. The average Bonchev–Trinajstić information content (AvgIpc) is 2.49. The van der Waals surface area contributed by atoms with E-state index in [2.05, 4.69) is 6.92 Å². The third kappa shape index (κ3) is 11.1. The monoisotopic (exact) mass is 326 g/mol. The van der Waals surface area contributed by atoms with Gasteiger partial charge in [0.05, 0.1) is 6.61 Å². The Balaban J connectivity index is 3.75. The van der Waals surface area contributed by atoms with Crippen LogP contribution in [0.4, 0.5) is 0 Å². The van der Waals surface area contributed by atoms with Crippen LogP contribution in [-0.4, -0.2) is 24.1 Å². The number of hydrogen-bond acceptors (Lipinski definition) is 4. The fourth-order valence-electron chi connectivity index (χ4n) is 2.68. The van der Waals surface area contributed by atoms with Gasteiger partial charge in [-0.25, -0.2) is 0 Å². The zero-order valence-corrected chi connectivity index (χ0v) is 15.2. The zero-order valence-electron chi connectivity index (χ0n) is 15.2. The van der Waals surface area contributed by atoms with Gasteiger partial charge in [-0.3, -0.25) is 14.4 Å². The molecule has 134 valence electrons. The Morgan fingerprint density at radius 2 is 1.26 bits per heavy atom. The molecule has 0 fully saturated rings. The van der Waals surface area contributed by atoms with Crippen molar-refractivity contribution in [3.05, 3.63) is 0 Å². The van der Waals surface area contributed by atoms with Crippen LogP contribution in [-0.2, 0) is 19.1 Å². The molecule has 0 aliphatic carbocycles. The molecule has 0 bridgehead atoms. The average molecular weight is 326 g/mol. The minimum absolute atomic E-state index is 0.189. The van der Waals surface area contributed by atoms with Gasteiger partial charge in [0.25, 0.3) is 0 Å². The molecule has 0 aromatic heterocycles. The molecule has 4 nitrogen and oxygen atoms in total. The number of ether oxygens (including phenoxy) is 1. The van der Waals surface area contributed by atoms with Crippen LogP contribution in [0.3, 0.4) is 0 Å². The smallest absolute Gasteiger partial charge is 0.324 e. The van der Waals surface area contributed by atoms with E-state index in [1.807, 2.05) is 0 Å². The molecule has 0 rings (SSSR count). The van der Waals surface area contributed by atoms with E-state index >= 15 is 0 Å². The Morgan fingerprint density at radius 3 is 1.70 bits per heavy atom. The van der Waals surface area contributed by atoms with E-state index in [9.17, 15) is 14.4 Å². The summed E-state index contributed by atoms with van der Waals surface area (Å²) in [5.74, 6) is -2.62. The zero-order chi connectivity index (χ0) is 17.5. The van der Waals surface area contributed by atoms with Crippen molar-refractivity contribution in [2.24, 2.45) is 5.92 Å². The SMILES string of the molecule is CCCCCCCCCCCCC(=O)C(C(C)=O)C(=O)OCC. The van der Waals surface area contributed by atoms with Gasteiger partial charge in [0, 0.05) is 6.42 Å². The van der Waals surface area contributed by atoms with Crippen LogP contribution in [0.1, 0.15) is 91.4 Å². The summed E-state index contributed by atoms with van der Waals surface area (Å²) < 4.78 is 4.81. The Hall–Kier alpha value is -1.19. The number of Topliss-reactive ketones (excluding diaryl/α,β-unsaturated/α-hetero) is 2. The first kappa shape index (κ1) is 21.8. The lowest BCUT2D eigenvalue weighted by molar-refractivity contribution is -0.154. The lowest BCUT2D eigenvalue weighted by atomic mass is 9.95. The van der Waals surface area contributed by atoms with Crippen LogP contribution < -0.4 is 0 Å². The highest BCUT2D eigenvalue weighted by atomic mass is 16.5. The van der Waals surface area contributed by atoms with E-state index in [-0.39, 0.29) is 12.4 Å². The van der Waals surface area contributed by atoms with E-state index < -0.39 is 17.7 Å². The molecule has 0 spiro atoms. The first-order valence-corrected chi connectivity index (χ1v) is 9.24. The van der Waals surface area contributed by atoms with Crippen molar-refractivity contribution in [1.29, 1.82) is 0 Å². The lowest BCUT2D eigenvalue weighted by Gasteiger charge is -2.11. The number of rotatable bonds is 15. The van der Waals surface area contributed by atoms with Crippen molar-refractivity contribution >= 4 is 17.5 Å². The highest BCUT2D eigenvalue weighted by Crippen LogP contribution is 2.14. The van der Waals surface area contributed by atoms with Crippen molar-refractivity contribution < 1.29 is 19.1 Å². The molecule has 0 aliphatic rings. The molecule has 0 aromatic rings. The number of carbonyl (C=O) groups excluding carboxylic acids is 3.